The number of nitrogens with zero attached hydrogens (tertiary/aromatic N) is 3. The van der Waals surface area contributed by atoms with E-state index in [4.69, 9.17) is 5.73 Å². The highest BCUT2D eigenvalue weighted by Crippen LogP contribution is 2.07. The van der Waals surface area contributed by atoms with Gasteiger partial charge in [0.15, 0.2) is 5.13 Å². The van der Waals surface area contributed by atoms with Gasteiger partial charge in [0.2, 0.25) is 11.5 Å². The number of methoxy groups -OCH3 is 1. The lowest BCUT2D eigenvalue weighted by atomic mass is 10.4. The standard InChI is InChI=1S/C6H7FN4O3S/c1-13-5(12)3(10-14-2-7)4-9-6(8)15-11-4/h2H2,1H3,(H2,8,9,11). The van der Waals surface area contributed by atoms with E-state index in [-0.39, 0.29) is 16.7 Å². The van der Waals surface area contributed by atoms with Gasteiger partial charge in [-0.25, -0.2) is 9.18 Å². The number of nitrogens with two attached hydrogens (primary N) is 1. The molecule has 2 N–H and O–H groups in total. The summed E-state index contributed by atoms with van der Waals surface area (Å²) in [6.45, 7) is -1.17. The highest BCUT2D eigenvalue weighted by atomic mass is 32.1. The molecule has 0 fully saturated rings. The lowest BCUT2D eigenvalue weighted by Gasteiger charge is -1.98. The summed E-state index contributed by atoms with van der Waals surface area (Å²) in [5.74, 6) is -0.890. The van der Waals surface area contributed by atoms with Crippen LogP contribution in [0.4, 0.5) is 9.52 Å². The molecule has 0 radical (unpaired) electrons. The topological polar surface area (TPSA) is 99.7 Å². The van der Waals surface area contributed by atoms with Crippen molar-refractivity contribution in [1.82, 2.24) is 9.36 Å². The van der Waals surface area contributed by atoms with E-state index >= 15 is 0 Å². The Morgan fingerprint density at radius 1 is 1.73 bits per heavy atom. The number of halogens is 1. The highest BCUT2D eigenvalue weighted by Gasteiger charge is 2.20. The summed E-state index contributed by atoms with van der Waals surface area (Å²) in [7, 11) is 1.14. The van der Waals surface area contributed by atoms with Crippen molar-refractivity contribution in [2.45, 2.75) is 0 Å². The molecular formula is C6H7FN4O3S. The first kappa shape index (κ1) is 11.3. The second-order valence-corrected chi connectivity index (χ2v) is 2.91. The minimum atomic E-state index is -1.17. The number of carbonyl (C=O) groups excluding carboxylic acids is 1. The molecule has 0 saturated heterocycles. The molecule has 15 heavy (non-hydrogen) atoms. The Balaban J connectivity index is 2.95. The fourth-order valence-electron chi connectivity index (χ4n) is 0.686. The van der Waals surface area contributed by atoms with Crippen LogP contribution < -0.4 is 5.73 Å². The van der Waals surface area contributed by atoms with E-state index in [1.165, 1.54) is 0 Å². The third-order valence-electron chi connectivity index (χ3n) is 1.24. The van der Waals surface area contributed by atoms with E-state index in [2.05, 4.69) is 24.1 Å². The van der Waals surface area contributed by atoms with Gasteiger partial charge >= 0.3 is 5.97 Å². The number of ether oxygens (including phenoxy) is 1. The molecule has 0 saturated carbocycles. The number of oxime groups is 1. The maximum absolute atomic E-state index is 11.7. The molecule has 9 heteroatoms. The first-order valence-corrected chi connectivity index (χ1v) is 4.40. The first-order valence-electron chi connectivity index (χ1n) is 3.62. The largest absolute Gasteiger partial charge is 0.464 e. The van der Waals surface area contributed by atoms with Gasteiger partial charge in [0.05, 0.1) is 7.11 Å². The molecule has 82 valence electrons. The number of hydrogen-bond acceptors (Lipinski definition) is 8. The maximum atomic E-state index is 11.7. The summed E-state index contributed by atoms with van der Waals surface area (Å²) >= 11 is 0.873. The van der Waals surface area contributed by atoms with E-state index in [9.17, 15) is 9.18 Å². The highest BCUT2D eigenvalue weighted by molar-refractivity contribution is 7.09. The van der Waals surface area contributed by atoms with Crippen LogP contribution in [0.2, 0.25) is 0 Å². The fourth-order valence-corrected chi connectivity index (χ4v) is 1.12. The number of rotatable bonds is 4. The number of carbonyl (C=O) groups is 1. The summed E-state index contributed by atoms with van der Waals surface area (Å²) in [6.07, 6.45) is 0. The molecule has 0 amide bonds. The van der Waals surface area contributed by atoms with Crippen LogP contribution in [0.1, 0.15) is 5.82 Å². The second-order valence-electron chi connectivity index (χ2n) is 2.13. The van der Waals surface area contributed by atoms with Crippen molar-refractivity contribution in [3.8, 4) is 0 Å². The van der Waals surface area contributed by atoms with Crippen LogP contribution in [0.3, 0.4) is 0 Å². The number of aromatic nitrogens is 2. The fraction of sp³-hybridized carbons (Fsp3) is 0.333. The van der Waals surface area contributed by atoms with E-state index in [0.29, 0.717) is 0 Å². The van der Waals surface area contributed by atoms with Crippen LogP contribution >= 0.6 is 11.5 Å². The summed E-state index contributed by atoms with van der Waals surface area (Å²) in [5.41, 5.74) is 4.98. The Labute approximate surface area is 87.9 Å². The minimum Gasteiger partial charge on any atom is -0.464 e. The lowest BCUT2D eigenvalue weighted by Crippen LogP contribution is -2.19. The SMILES string of the molecule is COC(=O)C(=NOCF)c1nsc(N)n1. The zero-order valence-corrected chi connectivity index (χ0v) is 8.45. The molecule has 0 atom stereocenters. The van der Waals surface area contributed by atoms with Gasteiger partial charge in [0, 0.05) is 11.5 Å². The molecule has 0 aliphatic rings. The lowest BCUT2D eigenvalue weighted by molar-refractivity contribution is -0.132. The molecule has 0 aliphatic heterocycles. The molecule has 1 heterocycles. The minimum absolute atomic E-state index is 0.0576. The third kappa shape index (κ3) is 2.84. The predicted molar refractivity (Wildman–Crippen MR) is 49.9 cm³/mol. The van der Waals surface area contributed by atoms with Gasteiger partial charge in [0.1, 0.15) is 0 Å². The smallest absolute Gasteiger partial charge is 0.364 e. The predicted octanol–water partition coefficient (Wildman–Crippen LogP) is -0.0590. The van der Waals surface area contributed by atoms with Gasteiger partial charge in [0.25, 0.3) is 6.86 Å². The molecule has 1 aromatic rings. The van der Waals surface area contributed by atoms with E-state index in [1.54, 1.807) is 0 Å². The van der Waals surface area contributed by atoms with Gasteiger partial charge in [-0.3, -0.25) is 0 Å². The Bertz CT molecular complexity index is 380. The van der Waals surface area contributed by atoms with Crippen molar-refractivity contribution in [2.75, 3.05) is 19.7 Å². The molecule has 0 bridgehead atoms. The first-order chi connectivity index (χ1) is 7.19. The Morgan fingerprint density at radius 2 is 2.47 bits per heavy atom. The van der Waals surface area contributed by atoms with Crippen molar-refractivity contribution in [2.24, 2.45) is 5.16 Å². The normalized spacial score (nSPS) is 11.2. The second kappa shape index (κ2) is 5.20. The number of nitrogen functional groups attached to an aromatic ring is 1. The van der Waals surface area contributed by atoms with Crippen LogP contribution in [-0.2, 0) is 14.4 Å². The van der Waals surface area contributed by atoms with Gasteiger partial charge in [-0.2, -0.15) is 9.36 Å². The number of alkyl halides is 1. The van der Waals surface area contributed by atoms with Crippen LogP contribution in [0, 0.1) is 0 Å². The molecule has 0 aromatic carbocycles. The van der Waals surface area contributed by atoms with Gasteiger partial charge in [-0.15, -0.1) is 0 Å². The summed E-state index contributed by atoms with van der Waals surface area (Å²) in [6, 6.07) is 0. The van der Waals surface area contributed by atoms with Gasteiger partial charge in [-0.05, 0) is 0 Å². The Morgan fingerprint density at radius 3 is 2.93 bits per heavy atom. The van der Waals surface area contributed by atoms with E-state index in [1.807, 2.05) is 0 Å². The molecule has 1 rings (SSSR count). The van der Waals surface area contributed by atoms with Crippen LogP contribution in [-0.4, -0.2) is 35.0 Å². The number of esters is 1. The van der Waals surface area contributed by atoms with Crippen molar-refractivity contribution in [3.63, 3.8) is 0 Å². The Hall–Kier alpha value is -1.77. The quantitative estimate of drug-likeness (QED) is 0.445. The van der Waals surface area contributed by atoms with Crippen LogP contribution in [0.5, 0.6) is 0 Å². The zero-order chi connectivity index (χ0) is 11.3. The summed E-state index contributed by atoms with van der Waals surface area (Å²) < 4.78 is 19.8. The average Bonchev–Trinajstić information content (AvgIpc) is 2.65. The van der Waals surface area contributed by atoms with E-state index < -0.39 is 12.8 Å². The van der Waals surface area contributed by atoms with Crippen LogP contribution in [0.25, 0.3) is 0 Å². The Kier molecular flexibility index (Phi) is 3.92. The van der Waals surface area contributed by atoms with Gasteiger partial charge in [-0.1, -0.05) is 5.16 Å². The molecular weight excluding hydrogens is 227 g/mol. The van der Waals surface area contributed by atoms with Crippen LogP contribution in [0.15, 0.2) is 5.16 Å². The monoisotopic (exact) mass is 234 g/mol. The molecule has 0 spiro atoms. The summed E-state index contributed by atoms with van der Waals surface area (Å²) in [5, 5.41) is 3.34. The summed E-state index contributed by atoms with van der Waals surface area (Å²) in [4.78, 5) is 18.9. The van der Waals surface area contributed by atoms with E-state index in [0.717, 1.165) is 18.6 Å². The molecule has 0 aliphatic carbocycles. The average molecular weight is 234 g/mol. The number of hydrogen-bond donors (Lipinski definition) is 1. The molecule has 7 nitrogen and oxygen atoms in total. The van der Waals surface area contributed by atoms with Crippen molar-refractivity contribution in [3.05, 3.63) is 5.82 Å². The third-order valence-corrected chi connectivity index (χ3v) is 1.78. The van der Waals surface area contributed by atoms with Crippen molar-refractivity contribution < 1.29 is 18.8 Å². The number of anilines is 1. The van der Waals surface area contributed by atoms with Crippen molar-refractivity contribution >= 4 is 28.3 Å². The van der Waals surface area contributed by atoms with Crippen molar-refractivity contribution in [1.29, 1.82) is 0 Å². The molecule has 0 unspecified atom stereocenters. The van der Waals surface area contributed by atoms with Gasteiger partial charge < -0.3 is 15.3 Å². The molecule has 1 aromatic heterocycles. The zero-order valence-electron chi connectivity index (χ0n) is 7.64. The maximum Gasteiger partial charge on any atom is 0.364 e.